The minimum atomic E-state index is -0.626. The van der Waals surface area contributed by atoms with E-state index < -0.39 is 12.0 Å². The standard InChI is InChI=1S/C28H30FN3O6S/c1-17-25(27(34)38-12-11-35-2)26(19-7-10-22(36-3)23(13-19)37-4)32-21(16-39-28(32)31-17)14-24(33)30-15-18-5-8-20(29)9-6-18/h5-10,13,16,26H,11-12,14-15H2,1-4H3,(H,30,33). The van der Waals surface area contributed by atoms with Crippen LogP contribution >= 0.6 is 11.8 Å². The number of amidine groups is 1. The Kier molecular flexibility index (Phi) is 9.26. The summed E-state index contributed by atoms with van der Waals surface area (Å²) in [6.45, 7) is 2.37. The molecule has 1 atom stereocenters. The van der Waals surface area contributed by atoms with Gasteiger partial charge in [-0.25, -0.2) is 14.2 Å². The van der Waals surface area contributed by atoms with Crippen molar-refractivity contribution >= 4 is 28.8 Å². The number of hydrogen-bond donors (Lipinski definition) is 1. The number of benzene rings is 2. The van der Waals surface area contributed by atoms with Crippen LogP contribution in [0.15, 0.2) is 69.8 Å². The molecular formula is C28H30FN3O6S. The number of ether oxygens (including phenoxy) is 4. The lowest BCUT2D eigenvalue weighted by atomic mass is 9.93. The number of nitrogens with zero attached hydrogens (tertiary/aromatic N) is 2. The number of methoxy groups -OCH3 is 3. The first-order chi connectivity index (χ1) is 18.9. The van der Waals surface area contributed by atoms with Crippen molar-refractivity contribution in [1.82, 2.24) is 10.2 Å². The largest absolute Gasteiger partial charge is 0.493 e. The topological polar surface area (TPSA) is 98.7 Å². The highest BCUT2D eigenvalue weighted by Gasteiger charge is 2.41. The van der Waals surface area contributed by atoms with Gasteiger partial charge in [-0.2, -0.15) is 0 Å². The second-order valence-corrected chi connectivity index (χ2v) is 9.55. The quantitative estimate of drug-likeness (QED) is 0.324. The fraction of sp³-hybridized carbons (Fsp3) is 0.321. The highest BCUT2D eigenvalue weighted by atomic mass is 32.2. The van der Waals surface area contributed by atoms with Gasteiger partial charge in [0.1, 0.15) is 12.4 Å². The highest BCUT2D eigenvalue weighted by Crippen LogP contribution is 2.46. The van der Waals surface area contributed by atoms with Crippen molar-refractivity contribution in [2.75, 3.05) is 34.5 Å². The maximum atomic E-state index is 13.3. The van der Waals surface area contributed by atoms with Crippen LogP contribution in [-0.2, 0) is 25.6 Å². The Labute approximate surface area is 230 Å². The number of hydrogen-bond acceptors (Lipinski definition) is 9. The molecule has 1 amide bonds. The molecule has 206 valence electrons. The van der Waals surface area contributed by atoms with Gasteiger partial charge < -0.3 is 29.2 Å². The number of carbonyl (C=O) groups is 2. The van der Waals surface area contributed by atoms with E-state index in [9.17, 15) is 14.0 Å². The minimum Gasteiger partial charge on any atom is -0.493 e. The van der Waals surface area contributed by atoms with E-state index in [2.05, 4.69) is 10.3 Å². The Morgan fingerprint density at radius 2 is 1.79 bits per heavy atom. The van der Waals surface area contributed by atoms with Gasteiger partial charge in [0, 0.05) is 19.4 Å². The van der Waals surface area contributed by atoms with Crippen molar-refractivity contribution in [2.45, 2.75) is 25.9 Å². The maximum absolute atomic E-state index is 13.3. The second kappa shape index (κ2) is 12.8. The van der Waals surface area contributed by atoms with Gasteiger partial charge in [0.25, 0.3) is 0 Å². The normalized spacial score (nSPS) is 16.3. The van der Waals surface area contributed by atoms with E-state index in [-0.39, 0.29) is 37.9 Å². The molecule has 0 saturated heterocycles. The molecule has 0 spiro atoms. The molecular weight excluding hydrogens is 525 g/mol. The Morgan fingerprint density at radius 3 is 2.49 bits per heavy atom. The molecule has 0 aromatic heterocycles. The van der Waals surface area contributed by atoms with E-state index in [0.717, 1.165) is 11.1 Å². The first kappa shape index (κ1) is 28.2. The van der Waals surface area contributed by atoms with Crippen molar-refractivity contribution < 1.29 is 32.9 Å². The third-order valence-electron chi connectivity index (χ3n) is 6.21. The molecule has 2 aliphatic heterocycles. The number of aliphatic imine (C=N–C) groups is 1. The third-order valence-corrected chi connectivity index (χ3v) is 7.10. The van der Waals surface area contributed by atoms with Gasteiger partial charge in [0.2, 0.25) is 5.91 Å². The molecule has 0 radical (unpaired) electrons. The summed E-state index contributed by atoms with van der Waals surface area (Å²) in [4.78, 5) is 32.8. The Morgan fingerprint density at radius 1 is 1.05 bits per heavy atom. The number of amides is 1. The first-order valence-corrected chi connectivity index (χ1v) is 13.1. The molecule has 39 heavy (non-hydrogen) atoms. The summed E-state index contributed by atoms with van der Waals surface area (Å²) < 4.78 is 34.7. The third kappa shape index (κ3) is 6.43. The Bertz CT molecular complexity index is 1330. The van der Waals surface area contributed by atoms with Crippen molar-refractivity contribution in [1.29, 1.82) is 0 Å². The number of nitrogens with one attached hydrogen (secondary N) is 1. The fourth-order valence-electron chi connectivity index (χ4n) is 4.29. The van der Waals surface area contributed by atoms with Gasteiger partial charge in [-0.3, -0.25) is 4.79 Å². The fourth-order valence-corrected chi connectivity index (χ4v) is 5.26. The number of carbonyl (C=O) groups excluding carboxylic acids is 2. The molecule has 2 aromatic carbocycles. The zero-order valence-electron chi connectivity index (χ0n) is 22.2. The zero-order chi connectivity index (χ0) is 27.9. The van der Waals surface area contributed by atoms with Gasteiger partial charge in [0.15, 0.2) is 16.7 Å². The second-order valence-electron chi connectivity index (χ2n) is 8.72. The lowest BCUT2D eigenvalue weighted by molar-refractivity contribution is -0.141. The average Bonchev–Trinajstić information content (AvgIpc) is 3.33. The summed E-state index contributed by atoms with van der Waals surface area (Å²) in [6, 6.07) is 10.7. The molecule has 9 nitrogen and oxygen atoms in total. The van der Waals surface area contributed by atoms with Gasteiger partial charge in [0.05, 0.1) is 44.6 Å². The first-order valence-electron chi connectivity index (χ1n) is 12.2. The SMILES string of the molecule is COCCOC(=O)C1=C(C)N=C2SC=C(CC(=O)NCc3ccc(F)cc3)N2C1c1ccc(OC)c(OC)c1. The van der Waals surface area contributed by atoms with E-state index in [1.54, 1.807) is 45.4 Å². The molecule has 4 rings (SSSR count). The lowest BCUT2D eigenvalue weighted by Gasteiger charge is -2.36. The lowest BCUT2D eigenvalue weighted by Crippen LogP contribution is -2.38. The van der Waals surface area contributed by atoms with E-state index >= 15 is 0 Å². The van der Waals surface area contributed by atoms with Crippen LogP contribution in [-0.4, -0.2) is 56.5 Å². The summed E-state index contributed by atoms with van der Waals surface area (Å²) in [7, 11) is 4.62. The van der Waals surface area contributed by atoms with Crippen molar-refractivity contribution in [2.24, 2.45) is 4.99 Å². The van der Waals surface area contributed by atoms with E-state index in [4.69, 9.17) is 18.9 Å². The summed E-state index contributed by atoms with van der Waals surface area (Å²) >= 11 is 1.38. The Hall–Kier alpha value is -3.83. The predicted molar refractivity (Wildman–Crippen MR) is 146 cm³/mol. The molecule has 2 aromatic rings. The van der Waals surface area contributed by atoms with Crippen molar-refractivity contribution in [3.8, 4) is 11.5 Å². The van der Waals surface area contributed by atoms with Crippen LogP contribution in [0.4, 0.5) is 4.39 Å². The number of rotatable bonds is 11. The van der Waals surface area contributed by atoms with Crippen LogP contribution in [0.3, 0.4) is 0 Å². The molecule has 2 heterocycles. The van der Waals surface area contributed by atoms with Crippen LogP contribution in [0.1, 0.15) is 30.5 Å². The number of allylic oxidation sites excluding steroid dienone is 1. The highest BCUT2D eigenvalue weighted by molar-refractivity contribution is 8.16. The molecule has 0 bridgehead atoms. The van der Waals surface area contributed by atoms with Crippen LogP contribution in [0, 0.1) is 5.82 Å². The Balaban J connectivity index is 1.63. The molecule has 2 aliphatic rings. The van der Waals surface area contributed by atoms with Crippen molar-refractivity contribution in [3.63, 3.8) is 0 Å². The van der Waals surface area contributed by atoms with Gasteiger partial charge in [-0.15, -0.1) is 0 Å². The van der Waals surface area contributed by atoms with E-state index in [1.165, 1.54) is 31.0 Å². The number of fused-ring (bicyclic) bond motifs is 1. The van der Waals surface area contributed by atoms with Crippen LogP contribution in [0.5, 0.6) is 11.5 Å². The molecule has 0 fully saturated rings. The van der Waals surface area contributed by atoms with E-state index in [0.29, 0.717) is 33.6 Å². The molecule has 1 N–H and O–H groups in total. The van der Waals surface area contributed by atoms with E-state index in [1.807, 2.05) is 16.4 Å². The van der Waals surface area contributed by atoms with Gasteiger partial charge >= 0.3 is 5.97 Å². The molecule has 0 saturated carbocycles. The summed E-state index contributed by atoms with van der Waals surface area (Å²) in [6.07, 6.45) is 0.0437. The number of halogens is 1. The minimum absolute atomic E-state index is 0.0437. The smallest absolute Gasteiger partial charge is 0.338 e. The number of thioether (sulfide) groups is 1. The molecule has 11 heteroatoms. The molecule has 1 unspecified atom stereocenters. The maximum Gasteiger partial charge on any atom is 0.338 e. The van der Waals surface area contributed by atoms with Crippen molar-refractivity contribution in [3.05, 3.63) is 81.8 Å². The average molecular weight is 556 g/mol. The van der Waals surface area contributed by atoms with Crippen LogP contribution in [0.2, 0.25) is 0 Å². The number of esters is 1. The summed E-state index contributed by atoms with van der Waals surface area (Å²) in [5.41, 5.74) is 3.05. The molecule has 0 aliphatic carbocycles. The zero-order valence-corrected chi connectivity index (χ0v) is 23.0. The summed E-state index contributed by atoms with van der Waals surface area (Å²) in [5.74, 6) is -0.0461. The monoisotopic (exact) mass is 555 g/mol. The summed E-state index contributed by atoms with van der Waals surface area (Å²) in [5, 5.41) is 5.37. The predicted octanol–water partition coefficient (Wildman–Crippen LogP) is 4.31. The van der Waals surface area contributed by atoms with Gasteiger partial charge in [-0.05, 0) is 47.7 Å². The van der Waals surface area contributed by atoms with Crippen LogP contribution < -0.4 is 14.8 Å². The van der Waals surface area contributed by atoms with Gasteiger partial charge in [-0.1, -0.05) is 30.0 Å². The van der Waals surface area contributed by atoms with Crippen LogP contribution in [0.25, 0.3) is 0 Å².